The molecule has 24 heavy (non-hydrogen) atoms. The van der Waals surface area contributed by atoms with E-state index in [1.54, 1.807) is 35.3 Å². The van der Waals surface area contributed by atoms with Gasteiger partial charge in [0.15, 0.2) is 0 Å². The van der Waals surface area contributed by atoms with Crippen molar-refractivity contribution in [2.75, 3.05) is 26.2 Å². The third-order valence-corrected chi connectivity index (χ3v) is 5.91. The van der Waals surface area contributed by atoms with E-state index in [1.165, 1.54) is 4.88 Å². The maximum atomic E-state index is 12.2. The first-order valence-corrected chi connectivity index (χ1v) is 9.21. The topological polar surface area (TPSA) is 59.4 Å². The number of aryl methyl sites for hydroxylation is 1. The first-order chi connectivity index (χ1) is 11.7. The van der Waals surface area contributed by atoms with Crippen molar-refractivity contribution in [1.29, 1.82) is 0 Å². The maximum Gasteiger partial charge on any atom is 0.269 e. The maximum absolute atomic E-state index is 12.2. The molecule has 3 atom stereocenters. The summed E-state index contributed by atoms with van der Waals surface area (Å²) in [5.41, 5.74) is 0.594. The van der Waals surface area contributed by atoms with Gasteiger partial charge in [0.2, 0.25) is 0 Å². The molecule has 2 aromatic rings. The molecule has 2 saturated heterocycles. The summed E-state index contributed by atoms with van der Waals surface area (Å²) in [5.74, 6) is 0.837. The van der Waals surface area contributed by atoms with Gasteiger partial charge in [0, 0.05) is 56.1 Å². The van der Waals surface area contributed by atoms with Gasteiger partial charge in [0.25, 0.3) is 5.91 Å². The van der Waals surface area contributed by atoms with Crippen LogP contribution in [0.1, 0.15) is 15.4 Å². The van der Waals surface area contributed by atoms with Crippen molar-refractivity contribution >= 4 is 17.2 Å². The van der Waals surface area contributed by atoms with Crippen molar-refractivity contribution in [1.82, 2.24) is 20.0 Å². The molecule has 0 aliphatic carbocycles. The molecular weight excluding hydrogens is 324 g/mol. The minimum atomic E-state index is -0.0631. The van der Waals surface area contributed by atoms with Crippen molar-refractivity contribution in [2.24, 2.45) is 18.9 Å². The number of carbonyl (C=O) groups excluding carboxylic acids is 1. The molecule has 0 unspecified atom stereocenters. The largest absolute Gasteiger partial charge is 0.376 e. The molecular formula is C17H22N4O2S. The van der Waals surface area contributed by atoms with Crippen LogP contribution in [0.2, 0.25) is 0 Å². The van der Waals surface area contributed by atoms with Crippen molar-refractivity contribution in [3.63, 3.8) is 0 Å². The van der Waals surface area contributed by atoms with Gasteiger partial charge in [-0.2, -0.15) is 5.10 Å². The molecule has 1 N–H and O–H groups in total. The Hall–Kier alpha value is -1.70. The molecule has 0 bridgehead atoms. The van der Waals surface area contributed by atoms with Crippen LogP contribution in [-0.4, -0.2) is 52.9 Å². The highest BCUT2D eigenvalue weighted by molar-refractivity contribution is 7.09. The Morgan fingerprint density at radius 2 is 2.38 bits per heavy atom. The minimum Gasteiger partial charge on any atom is -0.376 e. The molecule has 2 fully saturated rings. The van der Waals surface area contributed by atoms with E-state index in [0.717, 1.165) is 26.2 Å². The number of fused-ring (bicyclic) bond motifs is 1. The zero-order valence-electron chi connectivity index (χ0n) is 13.7. The first kappa shape index (κ1) is 15.8. The third-order valence-electron chi connectivity index (χ3n) is 5.05. The highest BCUT2D eigenvalue weighted by atomic mass is 32.1. The number of thiophene rings is 1. The summed E-state index contributed by atoms with van der Waals surface area (Å²) in [7, 11) is 1.78. The summed E-state index contributed by atoms with van der Waals surface area (Å²) in [5, 5.41) is 9.21. The zero-order valence-corrected chi connectivity index (χ0v) is 14.5. The van der Waals surface area contributed by atoms with E-state index in [9.17, 15) is 4.79 Å². The standard InChI is InChI=1S/C17H22N4O2S/c1-20-15(4-5-19-20)17(22)18-7-12-11-23-16-10-21(9-14(12)16)8-13-3-2-6-24-13/h2-6,12,14,16H,7-11H2,1H3,(H,18,22)/t12-,14+,16+/m1/s1. The Bertz CT molecular complexity index is 699. The molecule has 2 aromatic heterocycles. The second-order valence-corrected chi connectivity index (χ2v) is 7.65. The SMILES string of the molecule is Cn1nccc1C(=O)NC[C@@H]1CO[C@H]2CN(Cc3cccs3)C[C@@H]12. The molecule has 1 amide bonds. The lowest BCUT2D eigenvalue weighted by molar-refractivity contribution is 0.0899. The van der Waals surface area contributed by atoms with Gasteiger partial charge >= 0.3 is 0 Å². The lowest BCUT2D eigenvalue weighted by Crippen LogP contribution is -2.35. The molecule has 128 valence electrons. The van der Waals surface area contributed by atoms with Gasteiger partial charge in [-0.25, -0.2) is 0 Å². The molecule has 0 spiro atoms. The smallest absolute Gasteiger partial charge is 0.269 e. The van der Waals surface area contributed by atoms with E-state index in [-0.39, 0.29) is 5.91 Å². The van der Waals surface area contributed by atoms with Crippen LogP contribution in [-0.2, 0) is 18.3 Å². The monoisotopic (exact) mass is 346 g/mol. The van der Waals surface area contributed by atoms with E-state index in [4.69, 9.17) is 4.74 Å². The van der Waals surface area contributed by atoms with Crippen molar-refractivity contribution < 1.29 is 9.53 Å². The van der Waals surface area contributed by atoms with Crippen LogP contribution in [0.25, 0.3) is 0 Å². The number of aromatic nitrogens is 2. The van der Waals surface area contributed by atoms with Gasteiger partial charge < -0.3 is 10.1 Å². The second-order valence-electron chi connectivity index (χ2n) is 6.62. The van der Waals surface area contributed by atoms with E-state index in [1.807, 2.05) is 0 Å². The predicted molar refractivity (Wildman–Crippen MR) is 91.9 cm³/mol. The molecule has 0 aromatic carbocycles. The molecule has 2 aliphatic rings. The number of likely N-dealkylation sites (tertiary alicyclic amines) is 1. The van der Waals surface area contributed by atoms with Crippen LogP contribution in [0.4, 0.5) is 0 Å². The molecule has 4 rings (SSSR count). The van der Waals surface area contributed by atoms with Crippen molar-refractivity contribution in [3.05, 3.63) is 40.3 Å². The molecule has 7 heteroatoms. The Balaban J connectivity index is 1.31. The number of hydrogen-bond donors (Lipinski definition) is 1. The normalized spacial score (nSPS) is 26.6. The van der Waals surface area contributed by atoms with Crippen molar-refractivity contribution in [3.8, 4) is 0 Å². The highest BCUT2D eigenvalue weighted by Crippen LogP contribution is 2.34. The molecule has 6 nitrogen and oxygen atoms in total. The fourth-order valence-corrected chi connectivity index (χ4v) is 4.50. The number of rotatable bonds is 5. The number of hydrogen-bond acceptors (Lipinski definition) is 5. The van der Waals surface area contributed by atoms with Crippen molar-refractivity contribution in [2.45, 2.75) is 12.6 Å². The fraction of sp³-hybridized carbons (Fsp3) is 0.529. The van der Waals surface area contributed by atoms with Gasteiger partial charge in [-0.3, -0.25) is 14.4 Å². The van der Waals surface area contributed by atoms with Gasteiger partial charge in [0.1, 0.15) is 5.69 Å². The number of carbonyl (C=O) groups is 1. The average molecular weight is 346 g/mol. The zero-order chi connectivity index (χ0) is 16.5. The Kier molecular flexibility index (Phi) is 4.39. The summed E-state index contributed by atoms with van der Waals surface area (Å²) in [4.78, 5) is 16.1. The van der Waals surface area contributed by atoms with Gasteiger partial charge in [-0.15, -0.1) is 11.3 Å². The quantitative estimate of drug-likeness (QED) is 0.888. The van der Waals surface area contributed by atoms with Gasteiger partial charge in [-0.05, 0) is 17.5 Å². The Morgan fingerprint density at radius 1 is 1.46 bits per heavy atom. The number of amides is 1. The van der Waals surface area contributed by atoms with E-state index >= 15 is 0 Å². The van der Waals surface area contributed by atoms with Gasteiger partial charge in [-0.1, -0.05) is 6.07 Å². The minimum absolute atomic E-state index is 0.0631. The van der Waals surface area contributed by atoms with Crippen LogP contribution in [0.15, 0.2) is 29.8 Å². The van der Waals surface area contributed by atoms with Crippen LogP contribution in [0, 0.1) is 11.8 Å². The van der Waals surface area contributed by atoms with E-state index < -0.39 is 0 Å². The first-order valence-electron chi connectivity index (χ1n) is 8.33. The lowest BCUT2D eigenvalue weighted by atomic mass is 9.93. The van der Waals surface area contributed by atoms with Crippen LogP contribution >= 0.6 is 11.3 Å². The summed E-state index contributed by atoms with van der Waals surface area (Å²) in [6, 6.07) is 6.02. The number of nitrogens with zero attached hydrogens (tertiary/aromatic N) is 3. The summed E-state index contributed by atoms with van der Waals surface area (Å²) >= 11 is 1.80. The van der Waals surface area contributed by atoms with E-state index in [2.05, 4.69) is 32.8 Å². The summed E-state index contributed by atoms with van der Waals surface area (Å²) < 4.78 is 7.58. The van der Waals surface area contributed by atoms with Crippen LogP contribution in [0.5, 0.6) is 0 Å². The van der Waals surface area contributed by atoms with Crippen LogP contribution in [0.3, 0.4) is 0 Å². The Morgan fingerprint density at radius 3 is 3.12 bits per heavy atom. The second kappa shape index (κ2) is 6.66. The highest BCUT2D eigenvalue weighted by Gasteiger charge is 2.43. The Labute approximate surface area is 145 Å². The van der Waals surface area contributed by atoms with Gasteiger partial charge in [0.05, 0.1) is 12.7 Å². The van der Waals surface area contributed by atoms with E-state index in [0.29, 0.717) is 30.2 Å². The lowest BCUT2D eigenvalue weighted by Gasteiger charge is -2.19. The number of ether oxygens (including phenoxy) is 1. The fourth-order valence-electron chi connectivity index (χ4n) is 3.75. The predicted octanol–water partition coefficient (Wildman–Crippen LogP) is 1.36. The number of nitrogens with one attached hydrogen (secondary N) is 1. The third kappa shape index (κ3) is 3.11. The average Bonchev–Trinajstić information content (AvgIpc) is 3.31. The molecule has 0 radical (unpaired) electrons. The summed E-state index contributed by atoms with van der Waals surface area (Å²) in [6.07, 6.45) is 1.95. The molecule has 2 aliphatic heterocycles. The molecule has 0 saturated carbocycles. The van der Waals surface area contributed by atoms with Crippen LogP contribution < -0.4 is 5.32 Å². The molecule has 4 heterocycles. The summed E-state index contributed by atoms with van der Waals surface area (Å²) in [6.45, 7) is 4.46.